The first-order valence-corrected chi connectivity index (χ1v) is 10.7. The SMILES string of the molecule is NC[C@H](O)C[C@H]1NC(=O)[C@@H](N)Cc2cc(ccc2O)-c2ccc(O)c(c2)C[C@@H](C(=O)O)NC1=O. The number of aliphatic hydroxyl groups excluding tert-OH is 1. The first kappa shape index (κ1) is 25.0. The monoisotopic (exact) mass is 472 g/mol. The van der Waals surface area contributed by atoms with Crippen molar-refractivity contribution < 1.29 is 34.8 Å². The molecule has 0 fully saturated rings. The molecule has 4 atom stereocenters. The summed E-state index contributed by atoms with van der Waals surface area (Å²) < 4.78 is 0. The van der Waals surface area contributed by atoms with Gasteiger partial charge in [-0.25, -0.2) is 4.79 Å². The van der Waals surface area contributed by atoms with Gasteiger partial charge in [0.25, 0.3) is 0 Å². The van der Waals surface area contributed by atoms with Crippen LogP contribution in [0.3, 0.4) is 0 Å². The molecule has 0 unspecified atom stereocenters. The molecule has 1 aliphatic rings. The number of aliphatic carboxylic acids is 1. The van der Waals surface area contributed by atoms with Crippen LogP contribution in [0, 0.1) is 0 Å². The van der Waals surface area contributed by atoms with Crippen LogP contribution >= 0.6 is 0 Å². The van der Waals surface area contributed by atoms with Crippen LogP contribution in [0.5, 0.6) is 11.5 Å². The van der Waals surface area contributed by atoms with E-state index in [1.165, 1.54) is 12.1 Å². The average molecular weight is 472 g/mol. The third-order valence-corrected chi connectivity index (χ3v) is 5.72. The second kappa shape index (κ2) is 10.5. The molecule has 182 valence electrons. The van der Waals surface area contributed by atoms with Crippen LogP contribution < -0.4 is 22.1 Å². The fraction of sp³-hybridized carbons (Fsp3) is 0.348. The zero-order valence-electron chi connectivity index (χ0n) is 18.3. The molecule has 0 aliphatic carbocycles. The first-order valence-electron chi connectivity index (χ1n) is 10.7. The first-order chi connectivity index (χ1) is 16.1. The molecule has 11 heteroatoms. The highest BCUT2D eigenvalue weighted by atomic mass is 16.4. The molecule has 3 rings (SSSR count). The standard InChI is InChI=1S/C23H28N4O7/c24-10-15(28)9-17-22(32)27-18(23(33)34)8-14-6-12(2-4-20(14)30)11-1-3-19(29)13(5-11)7-16(25)21(31)26-17/h1-6,15-18,28-30H,7-10,24-25H2,(H,26,31)(H,27,32)(H,33,34)/t15-,16+,17-,18+/m1/s1. The fourth-order valence-electron chi connectivity index (χ4n) is 3.76. The van der Waals surface area contributed by atoms with E-state index >= 15 is 0 Å². The number of carbonyl (C=O) groups is 3. The molecule has 0 saturated carbocycles. The lowest BCUT2D eigenvalue weighted by Gasteiger charge is -2.24. The number of benzene rings is 2. The summed E-state index contributed by atoms with van der Waals surface area (Å²) in [6.07, 6.45) is -1.71. The van der Waals surface area contributed by atoms with Gasteiger partial charge in [-0.1, -0.05) is 12.1 Å². The Morgan fingerprint density at radius 1 is 0.971 bits per heavy atom. The molecule has 11 nitrogen and oxygen atoms in total. The molecule has 2 amide bonds. The number of amides is 2. The molecule has 0 spiro atoms. The maximum absolute atomic E-state index is 12.9. The number of fused-ring (bicyclic) bond motifs is 5. The number of carbonyl (C=O) groups excluding carboxylic acids is 2. The molecule has 0 saturated heterocycles. The molecule has 1 aliphatic heterocycles. The summed E-state index contributed by atoms with van der Waals surface area (Å²) in [5, 5.41) is 45.0. The summed E-state index contributed by atoms with van der Waals surface area (Å²) in [7, 11) is 0. The largest absolute Gasteiger partial charge is 0.508 e. The van der Waals surface area contributed by atoms with Crippen LogP contribution in [0.4, 0.5) is 0 Å². The highest BCUT2D eigenvalue weighted by Gasteiger charge is 2.30. The Morgan fingerprint density at radius 2 is 1.53 bits per heavy atom. The van der Waals surface area contributed by atoms with E-state index in [0.717, 1.165) is 0 Å². The van der Waals surface area contributed by atoms with Gasteiger partial charge in [-0.15, -0.1) is 0 Å². The van der Waals surface area contributed by atoms with E-state index in [0.29, 0.717) is 16.7 Å². The summed E-state index contributed by atoms with van der Waals surface area (Å²) >= 11 is 0. The van der Waals surface area contributed by atoms with Crippen LogP contribution in [0.2, 0.25) is 0 Å². The van der Waals surface area contributed by atoms with E-state index in [-0.39, 0.29) is 42.9 Å². The molecule has 1 heterocycles. The van der Waals surface area contributed by atoms with Crippen LogP contribution in [0.1, 0.15) is 17.5 Å². The fourth-order valence-corrected chi connectivity index (χ4v) is 3.76. The van der Waals surface area contributed by atoms with Crippen molar-refractivity contribution in [1.82, 2.24) is 10.6 Å². The number of phenols is 2. The molecule has 4 bridgehead atoms. The maximum Gasteiger partial charge on any atom is 0.326 e. The topological polar surface area (TPSA) is 208 Å². The molecule has 10 N–H and O–H groups in total. The lowest BCUT2D eigenvalue weighted by molar-refractivity contribution is -0.142. The summed E-state index contributed by atoms with van der Waals surface area (Å²) in [6, 6.07) is 5.46. The van der Waals surface area contributed by atoms with Gasteiger partial charge < -0.3 is 42.5 Å². The Kier molecular flexibility index (Phi) is 7.72. The van der Waals surface area contributed by atoms with E-state index < -0.39 is 42.0 Å². The van der Waals surface area contributed by atoms with Crippen LogP contribution in [0.25, 0.3) is 11.1 Å². The number of nitrogens with two attached hydrogens (primary N) is 2. The Labute approximate surface area is 195 Å². The number of phenolic OH excluding ortho intramolecular Hbond substituents is 2. The lowest BCUT2D eigenvalue weighted by atomic mass is 9.95. The second-order valence-corrected chi connectivity index (χ2v) is 8.29. The maximum atomic E-state index is 12.9. The van der Waals surface area contributed by atoms with Gasteiger partial charge in [0, 0.05) is 25.8 Å². The van der Waals surface area contributed by atoms with Crippen molar-refractivity contribution in [3.63, 3.8) is 0 Å². The van der Waals surface area contributed by atoms with Gasteiger partial charge in [0.1, 0.15) is 23.6 Å². The number of carboxylic acids is 1. The number of aromatic hydroxyl groups is 2. The van der Waals surface area contributed by atoms with Crippen molar-refractivity contribution in [2.75, 3.05) is 6.54 Å². The van der Waals surface area contributed by atoms with Gasteiger partial charge in [0.15, 0.2) is 0 Å². The van der Waals surface area contributed by atoms with Gasteiger partial charge in [-0.2, -0.15) is 0 Å². The Bertz CT molecular complexity index is 1090. The Balaban J connectivity index is 2.09. The molecular weight excluding hydrogens is 444 g/mol. The second-order valence-electron chi connectivity index (χ2n) is 8.29. The minimum atomic E-state index is -1.43. The van der Waals surface area contributed by atoms with Crippen molar-refractivity contribution in [2.24, 2.45) is 11.5 Å². The third kappa shape index (κ3) is 5.81. The minimum Gasteiger partial charge on any atom is -0.508 e. The van der Waals surface area contributed by atoms with Gasteiger partial charge in [-0.05, 0) is 46.5 Å². The van der Waals surface area contributed by atoms with Crippen LogP contribution in [-0.4, -0.2) is 69.0 Å². The smallest absolute Gasteiger partial charge is 0.326 e. The molecular formula is C23H28N4O7. The van der Waals surface area contributed by atoms with Gasteiger partial charge >= 0.3 is 5.97 Å². The summed E-state index contributed by atoms with van der Waals surface area (Å²) in [5.74, 6) is -3.16. The number of hydrogen-bond donors (Lipinski definition) is 8. The summed E-state index contributed by atoms with van der Waals surface area (Å²) in [6.45, 7) is -0.185. The zero-order chi connectivity index (χ0) is 25.0. The van der Waals surface area contributed by atoms with Crippen LogP contribution in [-0.2, 0) is 27.2 Å². The summed E-state index contributed by atoms with van der Waals surface area (Å²) in [5.41, 5.74) is 13.4. The number of rotatable bonds is 4. The van der Waals surface area contributed by atoms with E-state index in [2.05, 4.69) is 10.6 Å². The molecule has 0 aromatic heterocycles. The van der Waals surface area contributed by atoms with Crippen molar-refractivity contribution in [3.05, 3.63) is 47.5 Å². The molecule has 0 radical (unpaired) electrons. The minimum absolute atomic E-state index is 0.0536. The van der Waals surface area contributed by atoms with Gasteiger partial charge in [0.2, 0.25) is 11.8 Å². The lowest BCUT2D eigenvalue weighted by Crippen LogP contribution is -2.56. The predicted molar refractivity (Wildman–Crippen MR) is 122 cm³/mol. The average Bonchev–Trinajstić information content (AvgIpc) is 2.79. The molecule has 2 aromatic carbocycles. The van der Waals surface area contributed by atoms with E-state index in [9.17, 15) is 34.8 Å². The quantitative estimate of drug-likeness (QED) is 0.273. The van der Waals surface area contributed by atoms with Crippen molar-refractivity contribution in [3.8, 4) is 22.6 Å². The van der Waals surface area contributed by atoms with Crippen molar-refractivity contribution >= 4 is 17.8 Å². The van der Waals surface area contributed by atoms with Crippen molar-refractivity contribution in [2.45, 2.75) is 43.5 Å². The Morgan fingerprint density at radius 3 is 2.06 bits per heavy atom. The van der Waals surface area contributed by atoms with Gasteiger partial charge in [0.05, 0.1) is 12.1 Å². The van der Waals surface area contributed by atoms with Gasteiger partial charge in [-0.3, -0.25) is 9.59 Å². The van der Waals surface area contributed by atoms with E-state index in [1.54, 1.807) is 24.3 Å². The number of hydrogen-bond acceptors (Lipinski definition) is 8. The zero-order valence-corrected chi connectivity index (χ0v) is 18.3. The molecule has 2 aromatic rings. The number of aliphatic hydroxyl groups is 1. The predicted octanol–water partition coefficient (Wildman–Crippen LogP) is -1.05. The highest BCUT2D eigenvalue weighted by Crippen LogP contribution is 2.30. The van der Waals surface area contributed by atoms with E-state index in [4.69, 9.17) is 11.5 Å². The van der Waals surface area contributed by atoms with E-state index in [1.807, 2.05) is 0 Å². The number of nitrogens with one attached hydrogen (secondary N) is 2. The summed E-state index contributed by atoms with van der Waals surface area (Å²) in [4.78, 5) is 37.5. The normalized spacial score (nSPS) is 22.0. The number of carboxylic acid groups (broad SMARTS) is 1. The molecule has 34 heavy (non-hydrogen) atoms. The van der Waals surface area contributed by atoms with Crippen molar-refractivity contribution in [1.29, 1.82) is 0 Å². The highest BCUT2D eigenvalue weighted by molar-refractivity contribution is 5.92. The van der Waals surface area contributed by atoms with Crippen LogP contribution in [0.15, 0.2) is 36.4 Å². The third-order valence-electron chi connectivity index (χ3n) is 5.72. The Hall–Kier alpha value is -3.67.